The normalized spacial score (nSPS) is 15.5. The Balaban J connectivity index is 1.50. The van der Waals surface area contributed by atoms with Gasteiger partial charge in [-0.05, 0) is 24.6 Å². The average Bonchev–Trinajstić information content (AvgIpc) is 3.01. The van der Waals surface area contributed by atoms with Gasteiger partial charge in [0.2, 0.25) is 0 Å². The van der Waals surface area contributed by atoms with Crippen LogP contribution in [0, 0.1) is 0 Å². The molecule has 1 fully saturated rings. The lowest BCUT2D eigenvalue weighted by molar-refractivity contribution is 0.0627. The fraction of sp³-hybridized carbons (Fsp3) is 0.526. The maximum atomic E-state index is 12.8. The fourth-order valence-corrected chi connectivity index (χ4v) is 3.26. The zero-order valence-electron chi connectivity index (χ0n) is 15.2. The van der Waals surface area contributed by atoms with Gasteiger partial charge in [0.15, 0.2) is 0 Å². The van der Waals surface area contributed by atoms with Gasteiger partial charge in [0, 0.05) is 58.1 Å². The summed E-state index contributed by atoms with van der Waals surface area (Å²) >= 11 is 0. The monoisotopic (exact) mass is 341 g/mol. The summed E-state index contributed by atoms with van der Waals surface area (Å²) in [4.78, 5) is 21.5. The number of hydrogen-bond acceptors (Lipinski definition) is 4. The molecule has 0 atom stereocenters. The summed E-state index contributed by atoms with van der Waals surface area (Å²) in [5, 5.41) is 4.45. The number of hydrogen-bond donors (Lipinski definition) is 0. The summed E-state index contributed by atoms with van der Waals surface area (Å²) in [6.45, 7) is 6.49. The number of piperazine rings is 1. The van der Waals surface area contributed by atoms with E-state index < -0.39 is 0 Å². The van der Waals surface area contributed by atoms with Crippen LogP contribution in [0.15, 0.2) is 30.5 Å². The quantitative estimate of drug-likeness (QED) is 0.803. The van der Waals surface area contributed by atoms with Gasteiger partial charge in [-0.2, -0.15) is 5.10 Å². The van der Waals surface area contributed by atoms with Crippen LogP contribution >= 0.6 is 0 Å². The van der Waals surface area contributed by atoms with Crippen LogP contribution < -0.4 is 0 Å². The van der Waals surface area contributed by atoms with Gasteiger partial charge in [-0.25, -0.2) is 0 Å². The molecule has 2 aromatic heterocycles. The summed E-state index contributed by atoms with van der Waals surface area (Å²) in [6.07, 6.45) is 4.76. The van der Waals surface area contributed by atoms with Gasteiger partial charge in [-0.3, -0.25) is 19.4 Å². The van der Waals surface area contributed by atoms with Crippen molar-refractivity contribution in [3.05, 3.63) is 47.5 Å². The standard InChI is InChI=1S/C19H27N5O/c1-3-6-17-15-18(22(2)21-17)19(25)24-13-11-23(12-14-24)10-8-16-7-4-5-9-20-16/h4-5,7,9,15H,3,6,8,10-14H2,1-2H3. The molecular formula is C19H27N5O. The third-order valence-corrected chi connectivity index (χ3v) is 4.73. The Bertz CT molecular complexity index is 689. The van der Waals surface area contributed by atoms with E-state index in [1.807, 2.05) is 36.3 Å². The summed E-state index contributed by atoms with van der Waals surface area (Å²) in [7, 11) is 1.86. The molecule has 0 unspecified atom stereocenters. The van der Waals surface area contributed by atoms with Crippen LogP contribution in [0.4, 0.5) is 0 Å². The largest absolute Gasteiger partial charge is 0.335 e. The van der Waals surface area contributed by atoms with Crippen LogP contribution in [-0.4, -0.2) is 63.2 Å². The predicted octanol–water partition coefficient (Wildman–Crippen LogP) is 1.77. The second-order valence-electron chi connectivity index (χ2n) is 6.60. The summed E-state index contributed by atoms with van der Waals surface area (Å²) in [6, 6.07) is 7.98. The lowest BCUT2D eigenvalue weighted by atomic mass is 10.2. The summed E-state index contributed by atoms with van der Waals surface area (Å²) < 4.78 is 1.72. The molecule has 0 N–H and O–H groups in total. The average molecular weight is 341 g/mol. The van der Waals surface area contributed by atoms with E-state index in [2.05, 4.69) is 28.0 Å². The first-order valence-electron chi connectivity index (χ1n) is 9.12. The van der Waals surface area contributed by atoms with Gasteiger partial charge >= 0.3 is 0 Å². The fourth-order valence-electron chi connectivity index (χ4n) is 3.26. The van der Waals surface area contributed by atoms with Crippen molar-refractivity contribution in [2.75, 3.05) is 32.7 Å². The Hall–Kier alpha value is -2.21. The minimum absolute atomic E-state index is 0.0988. The molecule has 2 aromatic rings. The van der Waals surface area contributed by atoms with Gasteiger partial charge in [0.25, 0.3) is 5.91 Å². The number of carbonyl (C=O) groups is 1. The van der Waals surface area contributed by atoms with Gasteiger partial charge in [0.05, 0.1) is 5.69 Å². The van der Waals surface area contributed by atoms with Crippen molar-refractivity contribution in [1.82, 2.24) is 24.6 Å². The zero-order valence-corrected chi connectivity index (χ0v) is 15.2. The van der Waals surface area contributed by atoms with E-state index in [1.165, 1.54) is 0 Å². The molecule has 3 heterocycles. The Morgan fingerprint density at radius 3 is 2.60 bits per heavy atom. The summed E-state index contributed by atoms with van der Waals surface area (Å²) in [5.41, 5.74) is 2.83. The van der Waals surface area contributed by atoms with Gasteiger partial charge in [-0.15, -0.1) is 0 Å². The molecule has 6 heteroatoms. The molecule has 3 rings (SSSR count). The first-order valence-corrected chi connectivity index (χ1v) is 9.12. The van der Waals surface area contributed by atoms with Crippen molar-refractivity contribution < 1.29 is 4.79 Å². The van der Waals surface area contributed by atoms with Crippen LogP contribution in [-0.2, 0) is 19.9 Å². The summed E-state index contributed by atoms with van der Waals surface area (Å²) in [5.74, 6) is 0.0988. The maximum absolute atomic E-state index is 12.8. The van der Waals surface area contributed by atoms with Crippen molar-refractivity contribution in [3.63, 3.8) is 0 Å². The Morgan fingerprint density at radius 1 is 1.12 bits per heavy atom. The van der Waals surface area contributed by atoms with Crippen molar-refractivity contribution >= 4 is 5.91 Å². The number of carbonyl (C=O) groups excluding carboxylic acids is 1. The Labute approximate surface area is 149 Å². The van der Waals surface area contributed by atoms with Crippen molar-refractivity contribution in [1.29, 1.82) is 0 Å². The molecule has 1 saturated heterocycles. The lowest BCUT2D eigenvalue weighted by Crippen LogP contribution is -2.49. The molecule has 0 spiro atoms. The van der Waals surface area contributed by atoms with Gasteiger partial charge in [-0.1, -0.05) is 19.4 Å². The molecule has 1 aliphatic heterocycles. The highest BCUT2D eigenvalue weighted by molar-refractivity contribution is 5.92. The van der Waals surface area contributed by atoms with Crippen molar-refractivity contribution in [2.24, 2.45) is 7.05 Å². The number of aryl methyl sites for hydroxylation is 2. The van der Waals surface area contributed by atoms with Crippen LogP contribution in [0.3, 0.4) is 0 Å². The second kappa shape index (κ2) is 8.25. The highest BCUT2D eigenvalue weighted by Gasteiger charge is 2.24. The number of rotatable bonds is 6. The molecule has 0 aromatic carbocycles. The first-order chi connectivity index (χ1) is 12.2. The first kappa shape index (κ1) is 17.6. The number of nitrogens with zero attached hydrogens (tertiary/aromatic N) is 5. The van der Waals surface area contributed by atoms with Crippen molar-refractivity contribution in [3.8, 4) is 0 Å². The molecule has 1 amide bonds. The van der Waals surface area contributed by atoms with Crippen LogP contribution in [0.2, 0.25) is 0 Å². The third kappa shape index (κ3) is 4.45. The van der Waals surface area contributed by atoms with Crippen molar-refractivity contribution in [2.45, 2.75) is 26.2 Å². The number of amides is 1. The molecule has 1 aliphatic rings. The van der Waals surface area contributed by atoms with E-state index in [0.717, 1.165) is 63.4 Å². The maximum Gasteiger partial charge on any atom is 0.272 e. The minimum Gasteiger partial charge on any atom is -0.335 e. The van der Waals surface area contributed by atoms with E-state index in [0.29, 0.717) is 5.69 Å². The zero-order chi connectivity index (χ0) is 17.6. The second-order valence-corrected chi connectivity index (χ2v) is 6.60. The molecule has 0 radical (unpaired) electrons. The van der Waals surface area contributed by atoms with E-state index in [9.17, 15) is 4.79 Å². The Kier molecular flexibility index (Phi) is 5.81. The van der Waals surface area contributed by atoms with E-state index >= 15 is 0 Å². The molecule has 0 saturated carbocycles. The van der Waals surface area contributed by atoms with Crippen LogP contribution in [0.25, 0.3) is 0 Å². The Morgan fingerprint density at radius 2 is 1.92 bits per heavy atom. The lowest BCUT2D eigenvalue weighted by Gasteiger charge is -2.34. The minimum atomic E-state index is 0.0988. The highest BCUT2D eigenvalue weighted by atomic mass is 16.2. The molecule has 0 bridgehead atoms. The molecule has 134 valence electrons. The van der Waals surface area contributed by atoms with Gasteiger partial charge in [0.1, 0.15) is 5.69 Å². The topological polar surface area (TPSA) is 54.3 Å². The van der Waals surface area contributed by atoms with Crippen LogP contribution in [0.5, 0.6) is 0 Å². The van der Waals surface area contributed by atoms with Crippen LogP contribution in [0.1, 0.15) is 35.2 Å². The SMILES string of the molecule is CCCc1cc(C(=O)N2CCN(CCc3ccccn3)CC2)n(C)n1. The number of pyridine rings is 1. The molecule has 0 aliphatic carbocycles. The molecular weight excluding hydrogens is 314 g/mol. The third-order valence-electron chi connectivity index (χ3n) is 4.73. The molecule has 6 nitrogen and oxygen atoms in total. The number of aromatic nitrogens is 3. The van der Waals surface area contributed by atoms with E-state index in [-0.39, 0.29) is 5.91 Å². The smallest absolute Gasteiger partial charge is 0.272 e. The highest BCUT2D eigenvalue weighted by Crippen LogP contribution is 2.12. The molecule has 25 heavy (non-hydrogen) atoms. The van der Waals surface area contributed by atoms with E-state index in [1.54, 1.807) is 4.68 Å². The predicted molar refractivity (Wildman–Crippen MR) is 97.5 cm³/mol. The van der Waals surface area contributed by atoms with Gasteiger partial charge < -0.3 is 4.90 Å². The van der Waals surface area contributed by atoms with E-state index in [4.69, 9.17) is 0 Å².